The molecule has 0 saturated carbocycles. The van der Waals surface area contributed by atoms with E-state index in [9.17, 15) is 9.59 Å². The van der Waals surface area contributed by atoms with Crippen molar-refractivity contribution in [2.75, 3.05) is 7.11 Å². The molecule has 0 aliphatic carbocycles. The lowest BCUT2D eigenvalue weighted by Gasteiger charge is -2.16. The molecule has 0 aliphatic rings. The van der Waals surface area contributed by atoms with Crippen molar-refractivity contribution in [2.24, 2.45) is 5.10 Å². The summed E-state index contributed by atoms with van der Waals surface area (Å²) in [5.41, 5.74) is 1.04. The first-order valence-corrected chi connectivity index (χ1v) is 12.1. The Hall–Kier alpha value is -2.47. The Kier molecular flexibility index (Phi) is 8.46. The molecule has 0 saturated heterocycles. The highest BCUT2D eigenvalue weighted by atomic mass is 127. The molecule has 8 nitrogen and oxygen atoms in total. The maximum absolute atomic E-state index is 13.2. The average Bonchev–Trinajstić information content (AvgIpc) is 2.78. The van der Waals surface area contributed by atoms with Crippen LogP contribution in [0.1, 0.15) is 38.1 Å². The molecule has 0 radical (unpaired) electrons. The zero-order valence-electron chi connectivity index (χ0n) is 18.3. The highest BCUT2D eigenvalue weighted by molar-refractivity contribution is 14.1. The van der Waals surface area contributed by atoms with Crippen LogP contribution in [0.3, 0.4) is 0 Å². The molecule has 3 rings (SSSR count). The minimum absolute atomic E-state index is 0.249. The summed E-state index contributed by atoms with van der Waals surface area (Å²) >= 11 is 5.45. The lowest BCUT2D eigenvalue weighted by atomic mass is 10.2. The first-order chi connectivity index (χ1) is 15.7. The number of nitrogens with zero attached hydrogens (tertiary/aromatic N) is 3. The van der Waals surface area contributed by atoms with Crippen LogP contribution in [-0.4, -0.2) is 40.2 Å². The van der Waals surface area contributed by atoms with Gasteiger partial charge in [0.1, 0.15) is 5.82 Å². The number of hydrogen-bond acceptors (Lipinski definition) is 6. The molecule has 0 spiro atoms. The van der Waals surface area contributed by atoms with E-state index in [4.69, 9.17) is 14.6 Å². The summed E-state index contributed by atoms with van der Waals surface area (Å²) in [4.78, 5) is 29.0. The van der Waals surface area contributed by atoms with Crippen molar-refractivity contribution in [3.05, 3.63) is 60.1 Å². The van der Waals surface area contributed by atoms with Gasteiger partial charge in [-0.25, -0.2) is 9.78 Å². The number of methoxy groups -OCH3 is 1. The van der Waals surface area contributed by atoms with Gasteiger partial charge in [-0.3, -0.25) is 4.79 Å². The summed E-state index contributed by atoms with van der Waals surface area (Å²) < 4.78 is 13.7. The molecule has 0 fully saturated rings. The van der Waals surface area contributed by atoms with Crippen LogP contribution >= 0.6 is 38.5 Å². The number of aliphatic carboxylic acids is 1. The monoisotopic (exact) mass is 627 g/mol. The molecule has 2 aromatic carbocycles. The molecule has 0 bridgehead atoms. The third-order valence-electron chi connectivity index (χ3n) is 4.85. The molecular formula is C23H23BrIN3O5. The van der Waals surface area contributed by atoms with E-state index in [0.717, 1.165) is 17.3 Å². The zero-order valence-corrected chi connectivity index (χ0v) is 22.1. The van der Waals surface area contributed by atoms with Crippen molar-refractivity contribution in [1.82, 2.24) is 9.66 Å². The Morgan fingerprint density at radius 2 is 2.12 bits per heavy atom. The van der Waals surface area contributed by atoms with Gasteiger partial charge in [0.05, 0.1) is 27.8 Å². The van der Waals surface area contributed by atoms with Crippen molar-refractivity contribution in [1.29, 1.82) is 0 Å². The molecule has 1 heterocycles. The van der Waals surface area contributed by atoms with Crippen LogP contribution in [0.5, 0.6) is 11.5 Å². The number of hydrogen-bond donors (Lipinski definition) is 1. The van der Waals surface area contributed by atoms with E-state index in [1.165, 1.54) is 18.7 Å². The summed E-state index contributed by atoms with van der Waals surface area (Å²) in [6.07, 6.45) is 2.98. The van der Waals surface area contributed by atoms with Gasteiger partial charge in [0, 0.05) is 10.9 Å². The van der Waals surface area contributed by atoms with Crippen LogP contribution < -0.4 is 15.0 Å². The number of aryl methyl sites for hydroxylation is 1. The minimum Gasteiger partial charge on any atom is -0.493 e. The molecule has 10 heteroatoms. The topological polar surface area (TPSA) is 103 Å². The predicted molar refractivity (Wildman–Crippen MR) is 139 cm³/mol. The third-order valence-corrected chi connectivity index (χ3v) is 6.14. The molecule has 1 atom stereocenters. The van der Waals surface area contributed by atoms with E-state index in [1.54, 1.807) is 24.4 Å². The normalized spacial score (nSPS) is 12.3. The number of halogens is 2. The highest BCUT2D eigenvalue weighted by Crippen LogP contribution is 2.34. The number of ether oxygens (including phenoxy) is 2. The molecule has 3 aromatic rings. The number of benzene rings is 2. The van der Waals surface area contributed by atoms with Crippen LogP contribution in [0.4, 0.5) is 0 Å². The van der Waals surface area contributed by atoms with E-state index in [0.29, 0.717) is 43.8 Å². The highest BCUT2D eigenvalue weighted by Gasteiger charge is 2.19. The van der Waals surface area contributed by atoms with Gasteiger partial charge < -0.3 is 14.6 Å². The SMILES string of the molecule is CCCCc1nc2ccc(Br)cc2c(=O)n1N=Cc1cc(I)c(O[C@@H](C)C(=O)O)c(OC)c1. The van der Waals surface area contributed by atoms with Crippen molar-refractivity contribution in [3.8, 4) is 11.5 Å². The Balaban J connectivity index is 2.05. The summed E-state index contributed by atoms with van der Waals surface area (Å²) in [5.74, 6) is 0.219. The van der Waals surface area contributed by atoms with Gasteiger partial charge in [0.2, 0.25) is 0 Å². The standard InChI is InChI=1S/C23H23BrIN3O5/c1-4-5-6-20-27-18-8-7-15(24)11-16(18)22(29)28(20)26-12-14-9-17(25)21(19(10-14)32-3)33-13(2)23(30)31/h7-13H,4-6H2,1-3H3,(H,30,31)/t13-/m0/s1. The maximum Gasteiger partial charge on any atom is 0.344 e. The second-order valence-corrected chi connectivity index (χ2v) is 9.36. The average molecular weight is 628 g/mol. The second kappa shape index (κ2) is 11.1. The van der Waals surface area contributed by atoms with E-state index in [-0.39, 0.29) is 5.56 Å². The van der Waals surface area contributed by atoms with Crippen molar-refractivity contribution < 1.29 is 19.4 Å². The van der Waals surface area contributed by atoms with Crippen molar-refractivity contribution in [2.45, 2.75) is 39.2 Å². The molecule has 1 N–H and O–H groups in total. The lowest BCUT2D eigenvalue weighted by Crippen LogP contribution is -2.23. The summed E-state index contributed by atoms with van der Waals surface area (Å²) in [5, 5.41) is 14.1. The fraction of sp³-hybridized carbons (Fsp3) is 0.304. The van der Waals surface area contributed by atoms with Gasteiger partial charge in [-0.2, -0.15) is 9.78 Å². The van der Waals surface area contributed by atoms with Crippen LogP contribution in [0.15, 0.2) is 44.7 Å². The molecule has 0 unspecified atom stereocenters. The lowest BCUT2D eigenvalue weighted by molar-refractivity contribution is -0.144. The number of carbonyl (C=O) groups is 1. The van der Waals surface area contributed by atoms with E-state index >= 15 is 0 Å². The number of fused-ring (bicyclic) bond motifs is 1. The van der Waals surface area contributed by atoms with Crippen LogP contribution in [0.2, 0.25) is 0 Å². The van der Waals surface area contributed by atoms with Gasteiger partial charge in [-0.05, 0) is 71.8 Å². The fourth-order valence-electron chi connectivity index (χ4n) is 3.09. The minimum atomic E-state index is -1.08. The van der Waals surface area contributed by atoms with Crippen molar-refractivity contribution >= 4 is 61.6 Å². The fourth-order valence-corrected chi connectivity index (χ4v) is 4.20. The molecular weight excluding hydrogens is 605 g/mol. The molecule has 0 aliphatic heterocycles. The maximum atomic E-state index is 13.2. The smallest absolute Gasteiger partial charge is 0.344 e. The number of rotatable bonds is 9. The van der Waals surface area contributed by atoms with Gasteiger partial charge in [-0.15, -0.1) is 0 Å². The molecule has 33 heavy (non-hydrogen) atoms. The van der Waals surface area contributed by atoms with Crippen LogP contribution in [0, 0.1) is 3.57 Å². The first kappa shape index (κ1) is 25.2. The van der Waals surface area contributed by atoms with E-state index in [1.807, 2.05) is 34.7 Å². The van der Waals surface area contributed by atoms with Gasteiger partial charge >= 0.3 is 5.97 Å². The molecule has 0 amide bonds. The number of carboxylic acid groups (broad SMARTS) is 1. The Labute approximate surface area is 212 Å². The van der Waals surface area contributed by atoms with Crippen molar-refractivity contribution in [3.63, 3.8) is 0 Å². The summed E-state index contributed by atoms with van der Waals surface area (Å²) in [7, 11) is 1.48. The third kappa shape index (κ3) is 5.91. The van der Waals surface area contributed by atoms with E-state index < -0.39 is 12.1 Å². The predicted octanol–water partition coefficient (Wildman–Crippen LogP) is 4.85. The molecule has 174 valence electrons. The Morgan fingerprint density at radius 3 is 2.79 bits per heavy atom. The zero-order chi connectivity index (χ0) is 24.1. The number of carboxylic acids is 1. The van der Waals surface area contributed by atoms with Gasteiger partial charge in [0.15, 0.2) is 17.6 Å². The van der Waals surface area contributed by atoms with Crippen LogP contribution in [0.25, 0.3) is 10.9 Å². The number of aromatic nitrogens is 2. The second-order valence-electron chi connectivity index (χ2n) is 7.29. The number of unbranched alkanes of at least 4 members (excludes halogenated alkanes) is 1. The summed E-state index contributed by atoms with van der Waals surface area (Å²) in [6.45, 7) is 3.52. The largest absolute Gasteiger partial charge is 0.493 e. The molecule has 1 aromatic heterocycles. The van der Waals surface area contributed by atoms with Crippen LogP contribution in [-0.2, 0) is 11.2 Å². The Bertz CT molecular complexity index is 1280. The van der Waals surface area contributed by atoms with Gasteiger partial charge in [0.25, 0.3) is 5.56 Å². The van der Waals surface area contributed by atoms with Gasteiger partial charge in [-0.1, -0.05) is 29.3 Å². The quantitative estimate of drug-likeness (QED) is 0.269. The van der Waals surface area contributed by atoms with E-state index in [2.05, 4.69) is 32.9 Å². The summed E-state index contributed by atoms with van der Waals surface area (Å²) in [6, 6.07) is 8.86. The first-order valence-electron chi connectivity index (χ1n) is 10.3. The Morgan fingerprint density at radius 1 is 1.36 bits per heavy atom.